The van der Waals surface area contributed by atoms with E-state index in [9.17, 15) is 13.2 Å². The van der Waals surface area contributed by atoms with Crippen LogP contribution in [0, 0.1) is 12.8 Å². The van der Waals surface area contributed by atoms with Crippen LogP contribution in [0.1, 0.15) is 28.8 Å². The molecule has 3 N–H and O–H groups in total. The zero-order valence-corrected chi connectivity index (χ0v) is 12.8. The van der Waals surface area contributed by atoms with Gasteiger partial charge in [-0.1, -0.05) is 0 Å². The van der Waals surface area contributed by atoms with Gasteiger partial charge in [-0.05, 0) is 49.4 Å². The van der Waals surface area contributed by atoms with E-state index >= 15 is 0 Å². The van der Waals surface area contributed by atoms with Crippen molar-refractivity contribution < 1.29 is 17.9 Å². The summed E-state index contributed by atoms with van der Waals surface area (Å²) in [6.45, 7) is 3.35. The van der Waals surface area contributed by atoms with Crippen LogP contribution in [0.4, 0.5) is 0 Å². The molecule has 0 aliphatic heterocycles. The fraction of sp³-hybridized carbons (Fsp3) is 0.500. The lowest BCUT2D eigenvalue weighted by atomic mass is 10.1. The van der Waals surface area contributed by atoms with Gasteiger partial charge in [0.15, 0.2) is 0 Å². The van der Waals surface area contributed by atoms with E-state index < -0.39 is 10.0 Å². The fourth-order valence-electron chi connectivity index (χ4n) is 1.93. The molecule has 1 amide bonds. The molecule has 7 heteroatoms. The molecule has 0 atom stereocenters. The van der Waals surface area contributed by atoms with Gasteiger partial charge in [0.25, 0.3) is 5.91 Å². The molecule has 0 saturated heterocycles. The number of primary sulfonamides is 1. The Kier molecular flexibility index (Phi) is 4.97. The van der Waals surface area contributed by atoms with Crippen molar-refractivity contribution in [1.29, 1.82) is 0 Å². The van der Waals surface area contributed by atoms with Crippen molar-refractivity contribution in [2.24, 2.45) is 11.1 Å². The number of rotatable bonds is 7. The molecule has 0 aromatic heterocycles. The lowest BCUT2D eigenvalue weighted by molar-refractivity contribution is 0.0906. The number of benzene rings is 1. The molecule has 0 radical (unpaired) electrons. The molecule has 21 heavy (non-hydrogen) atoms. The summed E-state index contributed by atoms with van der Waals surface area (Å²) in [5, 5.41) is 7.80. The Morgan fingerprint density at radius 3 is 2.71 bits per heavy atom. The summed E-state index contributed by atoms with van der Waals surface area (Å²) in [4.78, 5) is 12.0. The second-order valence-corrected chi connectivity index (χ2v) is 6.86. The first kappa shape index (κ1) is 15.9. The van der Waals surface area contributed by atoms with Crippen molar-refractivity contribution in [2.75, 3.05) is 19.8 Å². The first-order valence-electron chi connectivity index (χ1n) is 6.87. The summed E-state index contributed by atoms with van der Waals surface area (Å²) in [6.07, 6.45) is 2.48. The van der Waals surface area contributed by atoms with Crippen molar-refractivity contribution in [3.8, 4) is 0 Å². The molecule has 1 aliphatic carbocycles. The fourth-order valence-corrected chi connectivity index (χ4v) is 2.53. The third kappa shape index (κ3) is 4.80. The van der Waals surface area contributed by atoms with Crippen LogP contribution >= 0.6 is 0 Å². The molecule has 2 rings (SSSR count). The maximum Gasteiger partial charge on any atom is 0.251 e. The highest BCUT2D eigenvalue weighted by Gasteiger charge is 2.21. The first-order valence-corrected chi connectivity index (χ1v) is 8.42. The zero-order chi connectivity index (χ0) is 15.5. The van der Waals surface area contributed by atoms with E-state index in [0.29, 0.717) is 30.2 Å². The second-order valence-electron chi connectivity index (χ2n) is 5.30. The number of carbonyl (C=O) groups excluding carboxylic acids is 1. The van der Waals surface area contributed by atoms with Crippen LogP contribution in [0.2, 0.25) is 0 Å². The van der Waals surface area contributed by atoms with Gasteiger partial charge in [-0.2, -0.15) is 0 Å². The molecule has 0 spiro atoms. The highest BCUT2D eigenvalue weighted by atomic mass is 32.2. The number of hydrogen-bond acceptors (Lipinski definition) is 4. The Morgan fingerprint density at radius 1 is 1.43 bits per heavy atom. The summed E-state index contributed by atoms with van der Waals surface area (Å²) >= 11 is 0. The second kappa shape index (κ2) is 6.55. The lowest BCUT2D eigenvalue weighted by Gasteiger charge is -2.09. The van der Waals surface area contributed by atoms with Crippen molar-refractivity contribution in [3.63, 3.8) is 0 Å². The van der Waals surface area contributed by atoms with Crippen molar-refractivity contribution in [3.05, 3.63) is 29.3 Å². The van der Waals surface area contributed by atoms with Gasteiger partial charge in [0, 0.05) is 18.7 Å². The standard InChI is InChI=1S/C14H20N2O4S/c1-10-8-12(21(15,18)19)4-5-13(10)14(17)16-6-7-20-9-11-2-3-11/h4-5,8,11H,2-3,6-7,9H2,1H3,(H,16,17)(H2,15,18,19). The average molecular weight is 312 g/mol. The molecule has 0 unspecified atom stereocenters. The molecule has 1 aliphatic rings. The van der Waals surface area contributed by atoms with Crippen LogP contribution in [0.3, 0.4) is 0 Å². The largest absolute Gasteiger partial charge is 0.379 e. The number of nitrogens with two attached hydrogens (primary N) is 1. The van der Waals surface area contributed by atoms with E-state index in [-0.39, 0.29) is 10.8 Å². The van der Waals surface area contributed by atoms with Gasteiger partial charge in [-0.25, -0.2) is 13.6 Å². The quantitative estimate of drug-likeness (QED) is 0.727. The van der Waals surface area contributed by atoms with Gasteiger partial charge in [0.2, 0.25) is 10.0 Å². The molecular weight excluding hydrogens is 292 g/mol. The van der Waals surface area contributed by atoms with Gasteiger partial charge < -0.3 is 10.1 Å². The minimum atomic E-state index is -3.75. The molecule has 1 saturated carbocycles. The number of nitrogens with one attached hydrogen (secondary N) is 1. The van der Waals surface area contributed by atoms with E-state index in [2.05, 4.69) is 5.32 Å². The van der Waals surface area contributed by atoms with Crippen LogP contribution < -0.4 is 10.5 Å². The van der Waals surface area contributed by atoms with E-state index in [4.69, 9.17) is 9.88 Å². The average Bonchev–Trinajstić information content (AvgIpc) is 3.21. The molecular formula is C14H20N2O4S. The predicted octanol–water partition coefficient (Wildman–Crippen LogP) is 0.799. The van der Waals surface area contributed by atoms with Crippen LogP contribution in [-0.4, -0.2) is 34.1 Å². The Hall–Kier alpha value is -1.44. The Balaban J connectivity index is 1.86. The number of aryl methyl sites for hydroxylation is 1. The van der Waals surface area contributed by atoms with Gasteiger partial charge in [-0.3, -0.25) is 4.79 Å². The third-order valence-corrected chi connectivity index (χ3v) is 4.26. The zero-order valence-electron chi connectivity index (χ0n) is 12.0. The molecule has 0 heterocycles. The van der Waals surface area contributed by atoms with Gasteiger partial charge >= 0.3 is 0 Å². The number of amides is 1. The molecule has 6 nitrogen and oxygen atoms in total. The van der Waals surface area contributed by atoms with Crippen molar-refractivity contribution in [1.82, 2.24) is 5.32 Å². The van der Waals surface area contributed by atoms with Crippen LogP contribution in [0.5, 0.6) is 0 Å². The normalized spacial score (nSPS) is 15.0. The van der Waals surface area contributed by atoms with E-state index in [1.165, 1.54) is 31.0 Å². The predicted molar refractivity (Wildman–Crippen MR) is 78.4 cm³/mol. The summed E-state index contributed by atoms with van der Waals surface area (Å²) in [5.74, 6) is 0.456. The maximum absolute atomic E-state index is 12.0. The van der Waals surface area contributed by atoms with E-state index in [1.807, 2.05) is 0 Å². The monoisotopic (exact) mass is 312 g/mol. The molecule has 0 bridgehead atoms. The summed E-state index contributed by atoms with van der Waals surface area (Å²) in [5.41, 5.74) is 1.00. The third-order valence-electron chi connectivity index (χ3n) is 3.35. The topological polar surface area (TPSA) is 98.5 Å². The highest BCUT2D eigenvalue weighted by molar-refractivity contribution is 7.89. The van der Waals surface area contributed by atoms with Crippen molar-refractivity contribution in [2.45, 2.75) is 24.7 Å². The minimum absolute atomic E-state index is 0.00400. The Morgan fingerprint density at radius 2 is 2.14 bits per heavy atom. The molecule has 116 valence electrons. The lowest BCUT2D eigenvalue weighted by Crippen LogP contribution is -2.28. The van der Waals surface area contributed by atoms with Gasteiger partial charge in [-0.15, -0.1) is 0 Å². The van der Waals surface area contributed by atoms with Crippen LogP contribution in [-0.2, 0) is 14.8 Å². The summed E-state index contributed by atoms with van der Waals surface area (Å²) in [6, 6.07) is 4.20. The molecule has 1 fully saturated rings. The van der Waals surface area contributed by atoms with Gasteiger partial charge in [0.1, 0.15) is 0 Å². The highest BCUT2D eigenvalue weighted by Crippen LogP contribution is 2.28. The summed E-state index contributed by atoms with van der Waals surface area (Å²) < 4.78 is 27.9. The molecule has 1 aromatic rings. The van der Waals surface area contributed by atoms with Gasteiger partial charge in [0.05, 0.1) is 11.5 Å². The number of sulfonamides is 1. The van der Waals surface area contributed by atoms with Crippen LogP contribution in [0.15, 0.2) is 23.1 Å². The van der Waals surface area contributed by atoms with Crippen molar-refractivity contribution >= 4 is 15.9 Å². The number of ether oxygens (including phenoxy) is 1. The number of carbonyl (C=O) groups is 1. The number of hydrogen-bond donors (Lipinski definition) is 2. The maximum atomic E-state index is 12.0. The minimum Gasteiger partial charge on any atom is -0.379 e. The summed E-state index contributed by atoms with van der Waals surface area (Å²) in [7, 11) is -3.75. The molecule has 1 aromatic carbocycles. The van der Waals surface area contributed by atoms with Crippen LogP contribution in [0.25, 0.3) is 0 Å². The Bertz CT molecular complexity index is 624. The smallest absolute Gasteiger partial charge is 0.251 e. The Labute approximate surface area is 124 Å². The van der Waals surface area contributed by atoms with E-state index in [1.54, 1.807) is 6.92 Å². The first-order chi connectivity index (χ1) is 9.88. The van der Waals surface area contributed by atoms with E-state index in [0.717, 1.165) is 6.61 Å². The SMILES string of the molecule is Cc1cc(S(N)(=O)=O)ccc1C(=O)NCCOCC1CC1.